The molecule has 0 aliphatic carbocycles. The van der Waals surface area contributed by atoms with Gasteiger partial charge in [0, 0.05) is 16.6 Å². The largest absolute Gasteiger partial charge is 0.349 e. The number of halogens is 1. The number of nitrogens with one attached hydrogen (secondary N) is 1. The van der Waals surface area contributed by atoms with Crippen LogP contribution in [0.15, 0.2) is 60.0 Å². The minimum atomic E-state index is -1.02. The van der Waals surface area contributed by atoms with E-state index in [1.165, 1.54) is 28.5 Å². The number of amides is 2. The number of aromatic nitrogens is 2. The summed E-state index contributed by atoms with van der Waals surface area (Å²) < 4.78 is 17.7. The number of anilines is 1. The van der Waals surface area contributed by atoms with E-state index in [0.29, 0.717) is 5.56 Å². The van der Waals surface area contributed by atoms with Crippen LogP contribution >= 0.6 is 11.5 Å². The van der Waals surface area contributed by atoms with E-state index in [1.54, 1.807) is 30.3 Å². The van der Waals surface area contributed by atoms with Crippen molar-refractivity contribution in [3.63, 3.8) is 0 Å². The topological polar surface area (TPSA) is 75.2 Å². The minimum absolute atomic E-state index is 0.0868. The molecule has 3 rings (SSSR count). The van der Waals surface area contributed by atoms with Crippen molar-refractivity contribution >= 4 is 29.0 Å². The van der Waals surface area contributed by atoms with Crippen LogP contribution in [0.5, 0.6) is 0 Å². The third-order valence-corrected chi connectivity index (χ3v) is 4.51. The van der Waals surface area contributed by atoms with Gasteiger partial charge in [0.05, 0.1) is 0 Å². The predicted molar refractivity (Wildman–Crippen MR) is 110 cm³/mol. The second-order valence-corrected chi connectivity index (χ2v) is 8.11. The fourth-order valence-electron chi connectivity index (χ4n) is 2.88. The van der Waals surface area contributed by atoms with Crippen molar-refractivity contribution in [2.45, 2.75) is 32.4 Å². The monoisotopic (exact) mass is 412 g/mol. The van der Waals surface area contributed by atoms with Crippen molar-refractivity contribution in [3.05, 3.63) is 77.1 Å². The van der Waals surface area contributed by atoms with Crippen LogP contribution < -0.4 is 10.2 Å². The smallest absolute Gasteiger partial charge is 0.280 e. The van der Waals surface area contributed by atoms with Crippen molar-refractivity contribution in [2.75, 3.05) is 4.90 Å². The molecule has 1 atom stereocenters. The normalized spacial score (nSPS) is 12.3. The maximum atomic E-state index is 14.0. The number of carbonyl (C=O) groups excluding carboxylic acids is 2. The standard InChI is InChI=1S/C21H21FN4O2S/c1-21(2,3)23-19(27)18(14-8-5-4-6-9-14)26(16-11-7-10-15(22)12-16)20(28)17-13-29-25-24-17/h4-13,18H,1-3H3,(H,23,27). The van der Waals surface area contributed by atoms with E-state index in [1.807, 2.05) is 26.8 Å². The van der Waals surface area contributed by atoms with Crippen molar-refractivity contribution in [1.29, 1.82) is 0 Å². The summed E-state index contributed by atoms with van der Waals surface area (Å²) in [6.07, 6.45) is 0. The Bertz CT molecular complexity index is 987. The first kappa shape index (κ1) is 20.6. The second-order valence-electron chi connectivity index (χ2n) is 7.50. The highest BCUT2D eigenvalue weighted by Gasteiger charge is 2.35. The fraction of sp³-hybridized carbons (Fsp3) is 0.238. The Kier molecular flexibility index (Phi) is 6.03. The van der Waals surface area contributed by atoms with Crippen LogP contribution in [0.25, 0.3) is 0 Å². The van der Waals surface area contributed by atoms with E-state index in [-0.39, 0.29) is 17.3 Å². The van der Waals surface area contributed by atoms with Gasteiger partial charge in [-0.05, 0) is 56.1 Å². The van der Waals surface area contributed by atoms with E-state index in [2.05, 4.69) is 14.9 Å². The zero-order valence-corrected chi connectivity index (χ0v) is 17.1. The van der Waals surface area contributed by atoms with Crippen molar-refractivity contribution < 1.29 is 14.0 Å². The molecule has 1 N–H and O–H groups in total. The molecule has 0 radical (unpaired) electrons. The molecule has 6 nitrogen and oxygen atoms in total. The number of hydrogen-bond donors (Lipinski definition) is 1. The highest BCUT2D eigenvalue weighted by atomic mass is 32.1. The molecular weight excluding hydrogens is 391 g/mol. The summed E-state index contributed by atoms with van der Waals surface area (Å²) in [5, 5.41) is 8.27. The zero-order chi connectivity index (χ0) is 21.0. The summed E-state index contributed by atoms with van der Waals surface area (Å²) >= 11 is 1.03. The molecule has 2 amide bonds. The first-order valence-electron chi connectivity index (χ1n) is 8.99. The van der Waals surface area contributed by atoms with Gasteiger partial charge >= 0.3 is 0 Å². The van der Waals surface area contributed by atoms with Gasteiger partial charge in [-0.15, -0.1) is 5.10 Å². The summed E-state index contributed by atoms with van der Waals surface area (Å²) in [7, 11) is 0. The Labute approximate surface area is 172 Å². The molecule has 8 heteroatoms. The van der Waals surface area contributed by atoms with Gasteiger partial charge in [0.25, 0.3) is 5.91 Å². The van der Waals surface area contributed by atoms with Gasteiger partial charge in [-0.1, -0.05) is 40.9 Å². The SMILES string of the molecule is CC(C)(C)NC(=O)C(c1ccccc1)N(C(=O)c1csnn1)c1cccc(F)c1. The maximum absolute atomic E-state index is 14.0. The lowest BCUT2D eigenvalue weighted by Crippen LogP contribution is -2.49. The summed E-state index contributed by atoms with van der Waals surface area (Å²) in [4.78, 5) is 27.9. The van der Waals surface area contributed by atoms with Crippen LogP contribution in [-0.2, 0) is 4.79 Å². The number of rotatable bonds is 5. The number of hydrogen-bond acceptors (Lipinski definition) is 5. The van der Waals surface area contributed by atoms with E-state index < -0.39 is 23.3 Å². The van der Waals surface area contributed by atoms with Crippen LogP contribution in [0.3, 0.4) is 0 Å². The number of carbonyl (C=O) groups is 2. The predicted octanol–water partition coefficient (Wildman–Crippen LogP) is 3.98. The average molecular weight is 412 g/mol. The van der Waals surface area contributed by atoms with Gasteiger partial charge < -0.3 is 5.32 Å². The van der Waals surface area contributed by atoms with Gasteiger partial charge in [-0.3, -0.25) is 14.5 Å². The molecule has 1 unspecified atom stereocenters. The molecule has 0 spiro atoms. The molecule has 0 saturated carbocycles. The molecule has 150 valence electrons. The molecule has 0 bridgehead atoms. The molecule has 0 saturated heterocycles. The van der Waals surface area contributed by atoms with Crippen LogP contribution in [0.2, 0.25) is 0 Å². The maximum Gasteiger partial charge on any atom is 0.280 e. The van der Waals surface area contributed by atoms with Crippen molar-refractivity contribution in [3.8, 4) is 0 Å². The van der Waals surface area contributed by atoms with E-state index in [9.17, 15) is 14.0 Å². The Morgan fingerprint density at radius 1 is 1.10 bits per heavy atom. The first-order valence-corrected chi connectivity index (χ1v) is 9.83. The van der Waals surface area contributed by atoms with Crippen molar-refractivity contribution in [1.82, 2.24) is 14.9 Å². The molecule has 3 aromatic rings. The van der Waals surface area contributed by atoms with Crippen LogP contribution in [0.4, 0.5) is 10.1 Å². The number of nitrogens with zero attached hydrogens (tertiary/aromatic N) is 3. The second kappa shape index (κ2) is 8.48. The van der Waals surface area contributed by atoms with Gasteiger partial charge in [0.2, 0.25) is 5.91 Å². The lowest BCUT2D eigenvalue weighted by Gasteiger charge is -2.33. The van der Waals surface area contributed by atoms with Gasteiger partial charge in [0.15, 0.2) is 5.69 Å². The molecule has 1 heterocycles. The van der Waals surface area contributed by atoms with Crippen LogP contribution in [-0.4, -0.2) is 26.9 Å². The summed E-state index contributed by atoms with van der Waals surface area (Å²) in [5.74, 6) is -1.44. The zero-order valence-electron chi connectivity index (χ0n) is 16.3. The minimum Gasteiger partial charge on any atom is -0.349 e. The van der Waals surface area contributed by atoms with Crippen LogP contribution in [0.1, 0.15) is 42.9 Å². The first-order chi connectivity index (χ1) is 13.8. The summed E-state index contributed by atoms with van der Waals surface area (Å²) in [5.41, 5.74) is 0.405. The van der Waals surface area contributed by atoms with Crippen LogP contribution in [0, 0.1) is 5.82 Å². The van der Waals surface area contributed by atoms with E-state index in [0.717, 1.165) is 11.5 Å². The molecule has 0 aliphatic heterocycles. The molecule has 0 fully saturated rings. The Morgan fingerprint density at radius 2 is 1.83 bits per heavy atom. The molecule has 0 aliphatic rings. The molecule has 29 heavy (non-hydrogen) atoms. The molecule has 2 aromatic carbocycles. The molecule has 1 aromatic heterocycles. The third-order valence-electron chi connectivity index (χ3n) is 4.00. The van der Waals surface area contributed by atoms with E-state index in [4.69, 9.17) is 0 Å². The number of benzene rings is 2. The van der Waals surface area contributed by atoms with Gasteiger partial charge in [-0.2, -0.15) is 0 Å². The Morgan fingerprint density at radius 3 is 2.41 bits per heavy atom. The third kappa shape index (κ3) is 5.03. The van der Waals surface area contributed by atoms with Gasteiger partial charge in [-0.25, -0.2) is 4.39 Å². The average Bonchev–Trinajstić information content (AvgIpc) is 3.19. The van der Waals surface area contributed by atoms with E-state index >= 15 is 0 Å². The highest BCUT2D eigenvalue weighted by molar-refractivity contribution is 7.03. The quantitative estimate of drug-likeness (QED) is 0.688. The summed E-state index contributed by atoms with van der Waals surface area (Å²) in [6, 6.07) is 13.5. The Hall–Kier alpha value is -3.13. The molecular formula is C21H21FN4O2S. The Balaban J connectivity index is 2.16. The van der Waals surface area contributed by atoms with Crippen molar-refractivity contribution in [2.24, 2.45) is 0 Å². The fourth-order valence-corrected chi connectivity index (χ4v) is 3.31. The lowest BCUT2D eigenvalue weighted by atomic mass is 10.0. The van der Waals surface area contributed by atoms with Gasteiger partial charge in [0.1, 0.15) is 11.9 Å². The highest BCUT2D eigenvalue weighted by Crippen LogP contribution is 2.30. The summed E-state index contributed by atoms with van der Waals surface area (Å²) in [6.45, 7) is 5.56. The lowest BCUT2D eigenvalue weighted by molar-refractivity contribution is -0.123.